The molecule has 1 aliphatic rings. The van der Waals surface area contributed by atoms with Crippen LogP contribution in [-0.2, 0) is 14.8 Å². The fraction of sp³-hybridized carbons (Fsp3) is 1.00. The molecule has 0 aromatic heterocycles. The van der Waals surface area contributed by atoms with Gasteiger partial charge in [-0.1, -0.05) is 20.8 Å². The van der Waals surface area contributed by atoms with Crippen LogP contribution in [0.4, 0.5) is 0 Å². The standard InChI is InChI=1S/C12H25NO4S/c1-12(2,3)11(6-7-14)13-18(15,16)9-10-5-4-8-17-10/h10-11,13-14H,4-9H2,1-3H3. The number of sulfonamides is 1. The van der Waals surface area contributed by atoms with Crippen LogP contribution in [0.3, 0.4) is 0 Å². The first-order valence-electron chi connectivity index (χ1n) is 6.47. The molecule has 0 amide bonds. The van der Waals surface area contributed by atoms with Gasteiger partial charge in [-0.15, -0.1) is 0 Å². The van der Waals surface area contributed by atoms with E-state index in [1.165, 1.54) is 0 Å². The van der Waals surface area contributed by atoms with Crippen molar-refractivity contribution in [3.63, 3.8) is 0 Å². The molecule has 1 fully saturated rings. The summed E-state index contributed by atoms with van der Waals surface area (Å²) in [4.78, 5) is 0. The van der Waals surface area contributed by atoms with Crippen molar-refractivity contribution in [2.45, 2.75) is 52.2 Å². The lowest BCUT2D eigenvalue weighted by Gasteiger charge is -2.31. The minimum absolute atomic E-state index is 0.0189. The van der Waals surface area contributed by atoms with Crippen LogP contribution in [0.5, 0.6) is 0 Å². The van der Waals surface area contributed by atoms with Crippen LogP contribution in [0.15, 0.2) is 0 Å². The predicted molar refractivity (Wildman–Crippen MR) is 70.8 cm³/mol. The molecule has 0 aromatic rings. The Labute approximate surface area is 110 Å². The van der Waals surface area contributed by atoms with Crippen molar-refractivity contribution in [1.82, 2.24) is 4.72 Å². The monoisotopic (exact) mass is 279 g/mol. The molecule has 2 N–H and O–H groups in total. The first-order chi connectivity index (χ1) is 8.24. The number of hydrogen-bond acceptors (Lipinski definition) is 4. The minimum Gasteiger partial charge on any atom is -0.396 e. The topological polar surface area (TPSA) is 75.6 Å². The fourth-order valence-corrected chi connectivity index (χ4v) is 3.84. The number of hydrogen-bond donors (Lipinski definition) is 2. The van der Waals surface area contributed by atoms with Crippen molar-refractivity contribution in [2.24, 2.45) is 5.41 Å². The molecule has 0 radical (unpaired) electrons. The van der Waals surface area contributed by atoms with E-state index < -0.39 is 10.0 Å². The van der Waals surface area contributed by atoms with E-state index in [0.29, 0.717) is 13.0 Å². The summed E-state index contributed by atoms with van der Waals surface area (Å²) in [6.07, 6.45) is 1.98. The molecule has 1 heterocycles. The highest BCUT2D eigenvalue weighted by molar-refractivity contribution is 7.89. The number of ether oxygens (including phenoxy) is 1. The molecule has 108 valence electrons. The van der Waals surface area contributed by atoms with Gasteiger partial charge in [0.25, 0.3) is 0 Å². The van der Waals surface area contributed by atoms with Gasteiger partial charge in [0.05, 0.1) is 11.9 Å². The van der Waals surface area contributed by atoms with E-state index in [2.05, 4.69) is 4.72 Å². The van der Waals surface area contributed by atoms with Crippen LogP contribution < -0.4 is 4.72 Å². The van der Waals surface area contributed by atoms with Crippen molar-refractivity contribution in [3.8, 4) is 0 Å². The molecule has 1 saturated heterocycles. The van der Waals surface area contributed by atoms with Crippen molar-refractivity contribution < 1.29 is 18.3 Å². The van der Waals surface area contributed by atoms with Crippen LogP contribution in [0, 0.1) is 5.41 Å². The average Bonchev–Trinajstić information content (AvgIpc) is 2.67. The van der Waals surface area contributed by atoms with Crippen LogP contribution in [0.2, 0.25) is 0 Å². The average molecular weight is 279 g/mol. The van der Waals surface area contributed by atoms with E-state index in [0.717, 1.165) is 12.8 Å². The van der Waals surface area contributed by atoms with Crippen LogP contribution in [-0.4, -0.2) is 44.6 Å². The summed E-state index contributed by atoms with van der Waals surface area (Å²) in [7, 11) is -3.36. The van der Waals surface area contributed by atoms with E-state index in [-0.39, 0.29) is 29.9 Å². The zero-order chi connectivity index (χ0) is 13.8. The van der Waals surface area contributed by atoms with Gasteiger partial charge in [-0.25, -0.2) is 13.1 Å². The Kier molecular flexibility index (Phi) is 5.58. The first kappa shape index (κ1) is 15.9. The van der Waals surface area contributed by atoms with E-state index in [1.807, 2.05) is 20.8 Å². The summed E-state index contributed by atoms with van der Waals surface area (Å²) in [6, 6.07) is -0.256. The zero-order valence-corrected chi connectivity index (χ0v) is 12.3. The van der Waals surface area contributed by atoms with Gasteiger partial charge < -0.3 is 9.84 Å². The largest absolute Gasteiger partial charge is 0.396 e. The Morgan fingerprint density at radius 2 is 2.11 bits per heavy atom. The summed E-state index contributed by atoms with van der Waals surface area (Å²) in [5, 5.41) is 9.02. The molecule has 1 rings (SSSR count). The van der Waals surface area contributed by atoms with Gasteiger partial charge in [-0.2, -0.15) is 0 Å². The molecule has 0 saturated carbocycles. The first-order valence-corrected chi connectivity index (χ1v) is 8.12. The lowest BCUT2D eigenvalue weighted by Crippen LogP contribution is -2.46. The molecule has 5 nitrogen and oxygen atoms in total. The van der Waals surface area contributed by atoms with Gasteiger partial charge in [0.15, 0.2) is 0 Å². The summed E-state index contributed by atoms with van der Waals surface area (Å²) < 4.78 is 32.1. The van der Waals surface area contributed by atoms with Gasteiger partial charge in [0.2, 0.25) is 10.0 Å². The van der Waals surface area contributed by atoms with E-state index >= 15 is 0 Å². The summed E-state index contributed by atoms with van der Waals surface area (Å²) in [5.74, 6) is 0.0189. The van der Waals surface area contributed by atoms with Crippen molar-refractivity contribution in [2.75, 3.05) is 19.0 Å². The smallest absolute Gasteiger partial charge is 0.214 e. The Bertz CT molecular complexity index is 342. The highest BCUT2D eigenvalue weighted by Gasteiger charge is 2.30. The summed E-state index contributed by atoms with van der Waals surface area (Å²) in [5.41, 5.74) is -0.216. The third-order valence-electron chi connectivity index (χ3n) is 3.21. The minimum atomic E-state index is -3.36. The van der Waals surface area contributed by atoms with E-state index in [4.69, 9.17) is 9.84 Å². The Balaban J connectivity index is 2.60. The number of aliphatic hydroxyl groups excluding tert-OH is 1. The molecular weight excluding hydrogens is 254 g/mol. The maximum Gasteiger partial charge on any atom is 0.214 e. The lowest BCUT2D eigenvalue weighted by atomic mass is 9.86. The number of aliphatic hydroxyl groups is 1. The fourth-order valence-electron chi connectivity index (χ4n) is 2.08. The molecule has 0 aliphatic carbocycles. The third-order valence-corrected chi connectivity index (χ3v) is 4.67. The summed E-state index contributed by atoms with van der Waals surface area (Å²) >= 11 is 0. The second kappa shape index (κ2) is 6.32. The van der Waals surface area contributed by atoms with Gasteiger partial charge >= 0.3 is 0 Å². The number of rotatable bonds is 6. The van der Waals surface area contributed by atoms with E-state index in [1.54, 1.807) is 0 Å². The van der Waals surface area contributed by atoms with Gasteiger partial charge in [-0.05, 0) is 24.7 Å². The highest BCUT2D eigenvalue weighted by atomic mass is 32.2. The second-order valence-corrected chi connectivity index (χ2v) is 7.76. The molecule has 2 unspecified atom stereocenters. The highest BCUT2D eigenvalue weighted by Crippen LogP contribution is 2.23. The normalized spacial score (nSPS) is 23.2. The second-order valence-electron chi connectivity index (χ2n) is 5.97. The SMILES string of the molecule is CC(C)(C)C(CCO)NS(=O)(=O)CC1CCCO1. The van der Waals surface area contributed by atoms with Crippen LogP contribution in [0.25, 0.3) is 0 Å². The molecule has 0 aromatic carbocycles. The molecular formula is C12H25NO4S. The maximum absolute atomic E-state index is 12.0. The third kappa shape index (κ3) is 5.22. The quantitative estimate of drug-likeness (QED) is 0.757. The predicted octanol–water partition coefficient (Wildman–Crippen LogP) is 0.882. The Hall–Kier alpha value is -0.170. The van der Waals surface area contributed by atoms with E-state index in [9.17, 15) is 8.42 Å². The molecule has 6 heteroatoms. The van der Waals surface area contributed by atoms with Gasteiger partial charge in [0, 0.05) is 19.3 Å². The number of nitrogens with one attached hydrogen (secondary N) is 1. The molecule has 0 spiro atoms. The van der Waals surface area contributed by atoms with Crippen molar-refractivity contribution >= 4 is 10.0 Å². The van der Waals surface area contributed by atoms with Crippen LogP contribution >= 0.6 is 0 Å². The molecule has 0 bridgehead atoms. The summed E-state index contributed by atoms with van der Waals surface area (Å²) in [6.45, 7) is 6.51. The van der Waals surface area contributed by atoms with Crippen molar-refractivity contribution in [3.05, 3.63) is 0 Å². The van der Waals surface area contributed by atoms with Gasteiger partial charge in [0.1, 0.15) is 0 Å². The van der Waals surface area contributed by atoms with Crippen molar-refractivity contribution in [1.29, 1.82) is 0 Å². The Morgan fingerprint density at radius 3 is 2.56 bits per heavy atom. The molecule has 2 atom stereocenters. The maximum atomic E-state index is 12.0. The molecule has 1 aliphatic heterocycles. The Morgan fingerprint density at radius 1 is 1.44 bits per heavy atom. The lowest BCUT2D eigenvalue weighted by molar-refractivity contribution is 0.127. The van der Waals surface area contributed by atoms with Crippen LogP contribution in [0.1, 0.15) is 40.0 Å². The van der Waals surface area contributed by atoms with Gasteiger partial charge in [-0.3, -0.25) is 0 Å². The zero-order valence-electron chi connectivity index (χ0n) is 11.5. The molecule has 18 heavy (non-hydrogen) atoms.